The van der Waals surface area contributed by atoms with Gasteiger partial charge in [0, 0.05) is 11.3 Å². The maximum Gasteiger partial charge on any atom is 0.255 e. The van der Waals surface area contributed by atoms with E-state index in [2.05, 4.69) is 24.1 Å². The van der Waals surface area contributed by atoms with Crippen LogP contribution >= 0.6 is 0 Å². The first kappa shape index (κ1) is 17.9. The minimum Gasteiger partial charge on any atom is -0.436 e. The van der Waals surface area contributed by atoms with Crippen LogP contribution < -0.4 is 5.32 Å². The minimum absolute atomic E-state index is 0.201. The van der Waals surface area contributed by atoms with Crippen LogP contribution in [0.5, 0.6) is 0 Å². The lowest BCUT2D eigenvalue weighted by atomic mass is 10.0. The van der Waals surface area contributed by atoms with E-state index in [1.165, 1.54) is 11.6 Å². The summed E-state index contributed by atoms with van der Waals surface area (Å²) in [6.45, 7) is 4.22. The Balaban J connectivity index is 1.58. The zero-order chi connectivity index (χ0) is 19.7. The van der Waals surface area contributed by atoms with Gasteiger partial charge < -0.3 is 9.73 Å². The van der Waals surface area contributed by atoms with E-state index in [9.17, 15) is 9.18 Å². The zero-order valence-corrected chi connectivity index (χ0v) is 15.6. The third kappa shape index (κ3) is 3.51. The van der Waals surface area contributed by atoms with Gasteiger partial charge in [0.15, 0.2) is 5.58 Å². The molecule has 1 N–H and O–H groups in total. The number of carbonyl (C=O) groups is 1. The molecule has 1 amide bonds. The summed E-state index contributed by atoms with van der Waals surface area (Å²) in [7, 11) is 0. The average molecular weight is 374 g/mol. The van der Waals surface area contributed by atoms with E-state index in [1.54, 1.807) is 36.4 Å². The summed E-state index contributed by atoms with van der Waals surface area (Å²) in [4.78, 5) is 16.9. The molecule has 0 atom stereocenters. The fourth-order valence-corrected chi connectivity index (χ4v) is 2.98. The normalized spacial score (nSPS) is 11.1. The number of rotatable bonds is 4. The molecule has 4 aromatic rings. The van der Waals surface area contributed by atoms with E-state index in [0.717, 1.165) is 0 Å². The highest BCUT2D eigenvalue weighted by atomic mass is 19.1. The van der Waals surface area contributed by atoms with Gasteiger partial charge >= 0.3 is 0 Å². The SMILES string of the molecule is CC(C)c1ccc(C(=O)Nc2ccc3oc(-c4ccccc4F)nc3c2)cc1. The molecule has 0 saturated heterocycles. The lowest BCUT2D eigenvalue weighted by molar-refractivity contribution is 0.102. The fraction of sp³-hybridized carbons (Fsp3) is 0.130. The molecule has 28 heavy (non-hydrogen) atoms. The van der Waals surface area contributed by atoms with Crippen molar-refractivity contribution >= 4 is 22.7 Å². The number of aromatic nitrogens is 1. The highest BCUT2D eigenvalue weighted by molar-refractivity contribution is 6.05. The minimum atomic E-state index is -0.396. The molecule has 1 aromatic heterocycles. The lowest BCUT2D eigenvalue weighted by Crippen LogP contribution is -2.11. The molecule has 0 saturated carbocycles. The lowest BCUT2D eigenvalue weighted by Gasteiger charge is -2.08. The quantitative estimate of drug-likeness (QED) is 0.476. The Morgan fingerprint density at radius 1 is 1.04 bits per heavy atom. The first-order valence-electron chi connectivity index (χ1n) is 9.08. The van der Waals surface area contributed by atoms with Crippen LogP contribution in [0.1, 0.15) is 35.7 Å². The van der Waals surface area contributed by atoms with Crippen LogP contribution in [-0.2, 0) is 0 Å². The van der Waals surface area contributed by atoms with Crippen LogP contribution in [0.3, 0.4) is 0 Å². The Kier molecular flexibility index (Phi) is 4.65. The third-order valence-corrected chi connectivity index (χ3v) is 4.59. The van der Waals surface area contributed by atoms with Crippen molar-refractivity contribution in [3.05, 3.63) is 83.7 Å². The Labute approximate surface area is 162 Å². The molecule has 3 aromatic carbocycles. The van der Waals surface area contributed by atoms with Crippen molar-refractivity contribution < 1.29 is 13.6 Å². The van der Waals surface area contributed by atoms with Crippen molar-refractivity contribution in [1.29, 1.82) is 0 Å². The topological polar surface area (TPSA) is 55.1 Å². The standard InChI is InChI=1S/C23H19FN2O2/c1-14(2)15-7-9-16(10-8-15)22(27)25-17-11-12-21-20(13-17)26-23(28-21)18-5-3-4-6-19(18)24/h3-14H,1-2H3,(H,25,27). The van der Waals surface area contributed by atoms with Crippen molar-refractivity contribution in [1.82, 2.24) is 4.98 Å². The number of benzene rings is 3. The average Bonchev–Trinajstić information content (AvgIpc) is 3.11. The van der Waals surface area contributed by atoms with Gasteiger partial charge in [0.2, 0.25) is 5.89 Å². The van der Waals surface area contributed by atoms with Gasteiger partial charge in [-0.05, 0) is 53.9 Å². The highest BCUT2D eigenvalue weighted by Crippen LogP contribution is 2.28. The third-order valence-electron chi connectivity index (χ3n) is 4.59. The van der Waals surface area contributed by atoms with Gasteiger partial charge in [0.25, 0.3) is 5.91 Å². The second-order valence-electron chi connectivity index (χ2n) is 6.91. The van der Waals surface area contributed by atoms with Crippen LogP contribution in [0, 0.1) is 5.82 Å². The molecule has 4 nitrogen and oxygen atoms in total. The number of oxazole rings is 1. The molecule has 4 rings (SSSR count). The van der Waals surface area contributed by atoms with Gasteiger partial charge in [-0.3, -0.25) is 4.79 Å². The number of fused-ring (bicyclic) bond motifs is 1. The number of carbonyl (C=O) groups excluding carboxylic acids is 1. The van der Waals surface area contributed by atoms with Crippen molar-refractivity contribution in [3.63, 3.8) is 0 Å². The summed E-state index contributed by atoms with van der Waals surface area (Å²) in [5.74, 6) is 0.0242. The van der Waals surface area contributed by atoms with Crippen LogP contribution in [-0.4, -0.2) is 10.9 Å². The van der Waals surface area contributed by atoms with E-state index >= 15 is 0 Å². The Bertz CT molecular complexity index is 1150. The number of amides is 1. The molecule has 1 heterocycles. The predicted octanol–water partition coefficient (Wildman–Crippen LogP) is 6.01. The maximum atomic E-state index is 14.0. The van der Waals surface area contributed by atoms with Gasteiger partial charge in [-0.2, -0.15) is 0 Å². The molecule has 5 heteroatoms. The summed E-state index contributed by atoms with van der Waals surface area (Å²) < 4.78 is 19.6. The van der Waals surface area contributed by atoms with Crippen molar-refractivity contribution in [3.8, 4) is 11.5 Å². The van der Waals surface area contributed by atoms with E-state index < -0.39 is 5.82 Å². The van der Waals surface area contributed by atoms with Crippen LogP contribution in [0.4, 0.5) is 10.1 Å². The molecule has 0 aliphatic carbocycles. The maximum absolute atomic E-state index is 14.0. The Hall–Kier alpha value is -3.47. The van der Waals surface area contributed by atoms with Crippen molar-refractivity contribution in [2.24, 2.45) is 0 Å². The molecule has 0 radical (unpaired) electrons. The molecule has 0 aliphatic heterocycles. The molecule has 0 fully saturated rings. The van der Waals surface area contributed by atoms with Gasteiger partial charge in [0.05, 0.1) is 5.56 Å². The number of nitrogens with one attached hydrogen (secondary N) is 1. The number of halogens is 1. The second kappa shape index (κ2) is 7.27. The predicted molar refractivity (Wildman–Crippen MR) is 108 cm³/mol. The van der Waals surface area contributed by atoms with Crippen molar-refractivity contribution in [2.75, 3.05) is 5.32 Å². The van der Waals surface area contributed by atoms with Crippen LogP contribution in [0.25, 0.3) is 22.6 Å². The molecule has 0 bridgehead atoms. The Morgan fingerprint density at radius 3 is 2.50 bits per heavy atom. The van der Waals surface area contributed by atoms with Gasteiger partial charge in [-0.25, -0.2) is 9.37 Å². The highest BCUT2D eigenvalue weighted by Gasteiger charge is 2.13. The summed E-state index contributed by atoms with van der Waals surface area (Å²) in [6.07, 6.45) is 0. The fourth-order valence-electron chi connectivity index (χ4n) is 2.98. The van der Waals surface area contributed by atoms with E-state index in [4.69, 9.17) is 4.42 Å². The van der Waals surface area contributed by atoms with E-state index in [-0.39, 0.29) is 11.8 Å². The van der Waals surface area contributed by atoms with Crippen LogP contribution in [0.2, 0.25) is 0 Å². The second-order valence-corrected chi connectivity index (χ2v) is 6.91. The molecule has 0 unspecified atom stereocenters. The first-order chi connectivity index (χ1) is 13.5. The molecule has 0 spiro atoms. The first-order valence-corrected chi connectivity index (χ1v) is 9.08. The number of hydrogen-bond acceptors (Lipinski definition) is 3. The number of nitrogens with zero attached hydrogens (tertiary/aromatic N) is 1. The summed E-state index contributed by atoms with van der Waals surface area (Å²) >= 11 is 0. The molecule has 0 aliphatic rings. The molecule has 140 valence electrons. The number of anilines is 1. The summed E-state index contributed by atoms with van der Waals surface area (Å²) in [5.41, 5.74) is 3.73. The van der Waals surface area contributed by atoms with Gasteiger partial charge in [0.1, 0.15) is 11.3 Å². The van der Waals surface area contributed by atoms with E-state index in [0.29, 0.717) is 33.8 Å². The summed E-state index contributed by atoms with van der Waals surface area (Å²) in [5, 5.41) is 2.86. The van der Waals surface area contributed by atoms with Crippen LogP contribution in [0.15, 0.2) is 71.1 Å². The van der Waals surface area contributed by atoms with Gasteiger partial charge in [-0.15, -0.1) is 0 Å². The molecular weight excluding hydrogens is 355 g/mol. The zero-order valence-electron chi connectivity index (χ0n) is 15.6. The molecular formula is C23H19FN2O2. The van der Waals surface area contributed by atoms with Gasteiger partial charge in [-0.1, -0.05) is 38.1 Å². The number of hydrogen-bond donors (Lipinski definition) is 1. The smallest absolute Gasteiger partial charge is 0.255 e. The summed E-state index contributed by atoms with van der Waals surface area (Å²) in [6, 6.07) is 19.0. The van der Waals surface area contributed by atoms with E-state index in [1.807, 2.05) is 24.3 Å². The Morgan fingerprint density at radius 2 is 1.79 bits per heavy atom. The monoisotopic (exact) mass is 374 g/mol. The largest absolute Gasteiger partial charge is 0.436 e. The van der Waals surface area contributed by atoms with Crippen molar-refractivity contribution in [2.45, 2.75) is 19.8 Å².